The third-order valence-corrected chi connectivity index (χ3v) is 1.44. The highest BCUT2D eigenvalue weighted by Crippen LogP contribution is 2.21. The van der Waals surface area contributed by atoms with Crippen LogP contribution in [-0.4, -0.2) is 11.3 Å². The van der Waals surface area contributed by atoms with Crippen LogP contribution in [0, 0.1) is 0 Å². The van der Waals surface area contributed by atoms with Crippen LogP contribution in [0.15, 0.2) is 23.4 Å². The molecular weight excluding hydrogens is 144 g/mol. The van der Waals surface area contributed by atoms with Gasteiger partial charge in [0.05, 0.1) is 11.9 Å². The van der Waals surface area contributed by atoms with Crippen molar-refractivity contribution in [3.63, 3.8) is 0 Å². The van der Waals surface area contributed by atoms with E-state index in [-0.39, 0.29) is 5.75 Å². The van der Waals surface area contributed by atoms with E-state index in [1.54, 1.807) is 18.2 Å². The highest BCUT2D eigenvalue weighted by molar-refractivity contribution is 5.88. The number of hydrogen-bond donors (Lipinski definition) is 2. The molecule has 4 heteroatoms. The average molecular weight is 150 g/mol. The lowest BCUT2D eigenvalue weighted by Gasteiger charge is -2.10. The van der Waals surface area contributed by atoms with Gasteiger partial charge in [0.2, 0.25) is 0 Å². The molecule has 56 valence electrons. The van der Waals surface area contributed by atoms with Gasteiger partial charge in [-0.25, -0.2) is 0 Å². The van der Waals surface area contributed by atoms with Gasteiger partial charge in [0, 0.05) is 5.56 Å². The molecule has 0 unspecified atom stereocenters. The van der Waals surface area contributed by atoms with Crippen molar-refractivity contribution in [3.05, 3.63) is 23.8 Å². The predicted octanol–water partition coefficient (Wildman–Crippen LogP) is 1.08. The van der Waals surface area contributed by atoms with E-state index in [0.29, 0.717) is 0 Å². The van der Waals surface area contributed by atoms with Gasteiger partial charge in [-0.1, -0.05) is 5.16 Å². The number of phenols is 1. The topological polar surface area (TPSA) is 53.9 Å². The molecule has 0 spiro atoms. The van der Waals surface area contributed by atoms with Gasteiger partial charge in [-0.3, -0.25) is 4.94 Å². The van der Waals surface area contributed by atoms with Crippen LogP contribution >= 0.6 is 0 Å². The van der Waals surface area contributed by atoms with Gasteiger partial charge in [0.25, 0.3) is 0 Å². The van der Waals surface area contributed by atoms with Crippen molar-refractivity contribution in [2.24, 2.45) is 5.16 Å². The quantitative estimate of drug-likeness (QED) is 0.544. The third kappa shape index (κ3) is 0.980. The second-order valence-corrected chi connectivity index (χ2v) is 2.20. The van der Waals surface area contributed by atoms with Crippen LogP contribution in [0.1, 0.15) is 5.56 Å². The van der Waals surface area contributed by atoms with Gasteiger partial charge in [-0.15, -0.1) is 0 Å². The first-order chi connectivity index (χ1) is 5.36. The van der Waals surface area contributed by atoms with Crippen LogP contribution in [0.5, 0.6) is 5.75 Å². The summed E-state index contributed by atoms with van der Waals surface area (Å²) in [5.74, 6) is 0.221. The van der Waals surface area contributed by atoms with Gasteiger partial charge >= 0.3 is 0 Å². The predicted molar refractivity (Wildman–Crippen MR) is 40.4 cm³/mol. The second kappa shape index (κ2) is 2.16. The second-order valence-electron chi connectivity index (χ2n) is 2.20. The standard InChI is InChI=1S/C7H6N2O2/c10-6-1-2-7-5(3-6)4-8-11-9-7/h1-4,9-10H. The zero-order valence-electron chi connectivity index (χ0n) is 5.61. The maximum absolute atomic E-state index is 9.06. The number of benzene rings is 1. The van der Waals surface area contributed by atoms with Crippen LogP contribution in [0.2, 0.25) is 0 Å². The lowest BCUT2D eigenvalue weighted by molar-refractivity contribution is 0.207. The fourth-order valence-corrected chi connectivity index (χ4v) is 0.909. The highest BCUT2D eigenvalue weighted by Gasteiger charge is 2.04. The van der Waals surface area contributed by atoms with Crippen molar-refractivity contribution in [2.75, 3.05) is 5.48 Å². The summed E-state index contributed by atoms with van der Waals surface area (Å²) < 4.78 is 0. The Balaban J connectivity index is 2.54. The number of hydrogen-bond acceptors (Lipinski definition) is 4. The van der Waals surface area contributed by atoms with E-state index in [9.17, 15) is 0 Å². The summed E-state index contributed by atoms with van der Waals surface area (Å²) in [4.78, 5) is 4.57. The molecule has 0 amide bonds. The minimum Gasteiger partial charge on any atom is -0.508 e. The van der Waals surface area contributed by atoms with Crippen LogP contribution in [0.25, 0.3) is 0 Å². The maximum atomic E-state index is 9.06. The molecule has 1 aromatic carbocycles. The smallest absolute Gasteiger partial charge is 0.116 e. The van der Waals surface area contributed by atoms with E-state index in [2.05, 4.69) is 15.6 Å². The summed E-state index contributed by atoms with van der Waals surface area (Å²) in [6.07, 6.45) is 1.53. The van der Waals surface area contributed by atoms with Crippen molar-refractivity contribution in [3.8, 4) is 5.75 Å². The van der Waals surface area contributed by atoms with Gasteiger partial charge in [-0.2, -0.15) is 5.48 Å². The van der Waals surface area contributed by atoms with E-state index < -0.39 is 0 Å². The van der Waals surface area contributed by atoms with Crippen molar-refractivity contribution in [1.82, 2.24) is 0 Å². The lowest BCUT2D eigenvalue weighted by Crippen LogP contribution is -2.04. The summed E-state index contributed by atoms with van der Waals surface area (Å²) in [5, 5.41) is 12.6. The molecule has 0 saturated carbocycles. The number of anilines is 1. The molecule has 0 aliphatic carbocycles. The highest BCUT2D eigenvalue weighted by atomic mass is 16.8. The number of nitrogens with zero attached hydrogens (tertiary/aromatic N) is 1. The van der Waals surface area contributed by atoms with E-state index in [0.717, 1.165) is 11.3 Å². The first-order valence-electron chi connectivity index (χ1n) is 3.15. The molecule has 0 bridgehead atoms. The molecule has 1 aliphatic heterocycles. The Kier molecular flexibility index (Phi) is 1.18. The summed E-state index contributed by atoms with van der Waals surface area (Å²) in [7, 11) is 0. The lowest BCUT2D eigenvalue weighted by atomic mass is 10.2. The molecular formula is C7H6N2O2. The van der Waals surface area contributed by atoms with Gasteiger partial charge in [0.15, 0.2) is 0 Å². The largest absolute Gasteiger partial charge is 0.508 e. The SMILES string of the molecule is Oc1ccc2c(c1)C=NON2. The Bertz CT molecular complexity index is 309. The zero-order valence-corrected chi connectivity index (χ0v) is 5.61. The van der Waals surface area contributed by atoms with Gasteiger partial charge < -0.3 is 5.11 Å². The molecule has 1 heterocycles. The van der Waals surface area contributed by atoms with Crippen molar-refractivity contribution in [1.29, 1.82) is 0 Å². The molecule has 0 fully saturated rings. The number of rotatable bonds is 0. The molecule has 1 aliphatic rings. The van der Waals surface area contributed by atoms with Gasteiger partial charge in [0.1, 0.15) is 5.75 Å². The molecule has 2 rings (SSSR count). The van der Waals surface area contributed by atoms with Crippen LogP contribution in [0.3, 0.4) is 0 Å². The van der Waals surface area contributed by atoms with E-state index in [1.165, 1.54) is 6.21 Å². The summed E-state index contributed by atoms with van der Waals surface area (Å²) >= 11 is 0. The van der Waals surface area contributed by atoms with Crippen molar-refractivity contribution < 1.29 is 10.0 Å². The Morgan fingerprint density at radius 3 is 3.27 bits per heavy atom. The van der Waals surface area contributed by atoms with Crippen LogP contribution in [0.4, 0.5) is 5.69 Å². The first kappa shape index (κ1) is 6.03. The van der Waals surface area contributed by atoms with Crippen molar-refractivity contribution in [2.45, 2.75) is 0 Å². The third-order valence-electron chi connectivity index (χ3n) is 1.44. The number of nitrogens with one attached hydrogen (secondary N) is 1. The summed E-state index contributed by atoms with van der Waals surface area (Å²) in [6.45, 7) is 0. The zero-order chi connectivity index (χ0) is 7.68. The van der Waals surface area contributed by atoms with Gasteiger partial charge in [-0.05, 0) is 18.2 Å². The number of phenolic OH excluding ortho intramolecular Hbond substituents is 1. The maximum Gasteiger partial charge on any atom is 0.116 e. The molecule has 0 saturated heterocycles. The number of aromatic hydroxyl groups is 1. The Labute approximate surface area is 63.1 Å². The van der Waals surface area contributed by atoms with Crippen molar-refractivity contribution >= 4 is 11.9 Å². The normalized spacial score (nSPS) is 13.1. The molecule has 1 aromatic rings. The van der Waals surface area contributed by atoms with E-state index >= 15 is 0 Å². The van der Waals surface area contributed by atoms with Crippen LogP contribution < -0.4 is 5.48 Å². The fourth-order valence-electron chi connectivity index (χ4n) is 0.909. The Hall–Kier alpha value is -1.71. The summed E-state index contributed by atoms with van der Waals surface area (Å²) in [5.41, 5.74) is 4.20. The minimum absolute atomic E-state index is 0.221. The Morgan fingerprint density at radius 2 is 2.36 bits per heavy atom. The Morgan fingerprint density at radius 1 is 1.45 bits per heavy atom. The molecule has 4 nitrogen and oxygen atoms in total. The van der Waals surface area contributed by atoms with Crippen LogP contribution in [-0.2, 0) is 4.94 Å². The molecule has 0 aromatic heterocycles. The summed E-state index contributed by atoms with van der Waals surface area (Å²) in [6, 6.07) is 4.90. The van der Waals surface area contributed by atoms with E-state index in [1.807, 2.05) is 0 Å². The molecule has 2 N–H and O–H groups in total. The van der Waals surface area contributed by atoms with E-state index in [4.69, 9.17) is 5.11 Å². The minimum atomic E-state index is 0.221. The molecule has 11 heavy (non-hydrogen) atoms. The first-order valence-corrected chi connectivity index (χ1v) is 3.15. The number of oxime groups is 1. The average Bonchev–Trinajstić information content (AvgIpc) is 2.04. The number of fused-ring (bicyclic) bond motifs is 1. The molecule has 0 radical (unpaired) electrons. The fraction of sp³-hybridized carbons (Fsp3) is 0. The monoisotopic (exact) mass is 150 g/mol. The molecule has 0 atom stereocenters.